The van der Waals surface area contributed by atoms with Gasteiger partial charge >= 0.3 is 6.03 Å². The number of nitrogen functional groups attached to an aromatic ring is 1. The number of anilines is 2. The molecule has 0 aliphatic rings. The Morgan fingerprint density at radius 2 is 2.25 bits per heavy atom. The van der Waals surface area contributed by atoms with Crippen LogP contribution in [0.5, 0.6) is 5.75 Å². The third-order valence-electron chi connectivity index (χ3n) is 2.29. The molecule has 88 valence electrons. The average Bonchev–Trinajstić information content (AvgIpc) is 2.28. The molecule has 0 radical (unpaired) electrons. The fourth-order valence-corrected chi connectivity index (χ4v) is 1.18. The lowest BCUT2D eigenvalue weighted by Gasteiger charge is -2.17. The van der Waals surface area contributed by atoms with E-state index in [2.05, 4.69) is 5.32 Å². The van der Waals surface area contributed by atoms with E-state index in [-0.39, 0.29) is 6.03 Å². The summed E-state index contributed by atoms with van der Waals surface area (Å²) >= 11 is 0. The summed E-state index contributed by atoms with van der Waals surface area (Å²) in [5, 5.41) is 2.73. The lowest BCUT2D eigenvalue weighted by Crippen LogP contribution is -2.31. The van der Waals surface area contributed by atoms with Crippen molar-refractivity contribution in [3.8, 4) is 5.75 Å². The quantitative estimate of drug-likeness (QED) is 0.767. The molecule has 0 saturated heterocycles. The van der Waals surface area contributed by atoms with Gasteiger partial charge in [0.05, 0.1) is 12.8 Å². The minimum atomic E-state index is -0.189. The number of nitrogens with one attached hydrogen (secondary N) is 1. The van der Waals surface area contributed by atoms with Crippen LogP contribution in [0.4, 0.5) is 16.2 Å². The molecule has 0 aliphatic carbocycles. The van der Waals surface area contributed by atoms with E-state index in [9.17, 15) is 4.79 Å². The van der Waals surface area contributed by atoms with Crippen LogP contribution in [0.2, 0.25) is 0 Å². The molecule has 2 amide bonds. The average molecular weight is 223 g/mol. The second-order valence-corrected chi connectivity index (χ2v) is 3.40. The molecular weight excluding hydrogens is 206 g/mol. The summed E-state index contributed by atoms with van der Waals surface area (Å²) in [5.41, 5.74) is 6.80. The monoisotopic (exact) mass is 223 g/mol. The van der Waals surface area contributed by atoms with E-state index in [1.807, 2.05) is 6.92 Å². The van der Waals surface area contributed by atoms with Crippen molar-refractivity contribution in [2.45, 2.75) is 6.92 Å². The van der Waals surface area contributed by atoms with E-state index in [1.165, 1.54) is 0 Å². The molecule has 0 fully saturated rings. The predicted molar refractivity (Wildman–Crippen MR) is 64.7 cm³/mol. The van der Waals surface area contributed by atoms with Crippen LogP contribution in [0.15, 0.2) is 18.2 Å². The number of nitrogens with two attached hydrogens (primary N) is 1. The minimum absolute atomic E-state index is 0.189. The molecule has 0 atom stereocenters. The zero-order chi connectivity index (χ0) is 12.1. The van der Waals surface area contributed by atoms with Crippen molar-refractivity contribution in [1.29, 1.82) is 0 Å². The first-order valence-electron chi connectivity index (χ1n) is 5.04. The Bertz CT molecular complexity index is 379. The molecule has 0 heterocycles. The van der Waals surface area contributed by atoms with E-state index >= 15 is 0 Å². The number of benzene rings is 1. The summed E-state index contributed by atoms with van der Waals surface area (Å²) in [4.78, 5) is 13.2. The minimum Gasteiger partial charge on any atom is -0.495 e. The number of hydrogen-bond acceptors (Lipinski definition) is 3. The van der Waals surface area contributed by atoms with Gasteiger partial charge < -0.3 is 20.7 Å². The first-order valence-corrected chi connectivity index (χ1v) is 5.04. The SMILES string of the molecule is CCN(C)C(=O)Nc1cc(N)ccc1OC. The Kier molecular flexibility index (Phi) is 3.99. The Hall–Kier alpha value is -1.91. The third kappa shape index (κ3) is 2.79. The number of carbonyl (C=O) groups is 1. The molecule has 16 heavy (non-hydrogen) atoms. The molecule has 3 N–H and O–H groups in total. The highest BCUT2D eigenvalue weighted by molar-refractivity contribution is 5.91. The lowest BCUT2D eigenvalue weighted by atomic mass is 10.2. The molecule has 0 aromatic heterocycles. The van der Waals surface area contributed by atoms with Crippen LogP contribution < -0.4 is 15.8 Å². The Morgan fingerprint density at radius 3 is 2.81 bits per heavy atom. The van der Waals surface area contributed by atoms with Gasteiger partial charge in [-0.05, 0) is 25.1 Å². The van der Waals surface area contributed by atoms with Gasteiger partial charge in [-0.2, -0.15) is 0 Å². The topological polar surface area (TPSA) is 67.6 Å². The molecule has 1 aromatic rings. The highest BCUT2D eigenvalue weighted by Gasteiger charge is 2.10. The highest BCUT2D eigenvalue weighted by atomic mass is 16.5. The van der Waals surface area contributed by atoms with Gasteiger partial charge in [0.25, 0.3) is 0 Å². The van der Waals surface area contributed by atoms with E-state index < -0.39 is 0 Å². The van der Waals surface area contributed by atoms with Crippen LogP contribution in [0, 0.1) is 0 Å². The molecule has 0 bridgehead atoms. The van der Waals surface area contributed by atoms with Gasteiger partial charge in [-0.3, -0.25) is 0 Å². The van der Waals surface area contributed by atoms with Crippen LogP contribution >= 0.6 is 0 Å². The maximum Gasteiger partial charge on any atom is 0.321 e. The number of hydrogen-bond donors (Lipinski definition) is 2. The molecule has 0 spiro atoms. The fraction of sp³-hybridized carbons (Fsp3) is 0.364. The first-order chi connectivity index (χ1) is 7.58. The van der Waals surface area contributed by atoms with Crippen LogP contribution in [0.3, 0.4) is 0 Å². The summed E-state index contributed by atoms with van der Waals surface area (Å²) in [5.74, 6) is 0.590. The zero-order valence-corrected chi connectivity index (χ0v) is 9.78. The smallest absolute Gasteiger partial charge is 0.321 e. The van der Waals surface area contributed by atoms with Gasteiger partial charge in [-0.15, -0.1) is 0 Å². The highest BCUT2D eigenvalue weighted by Crippen LogP contribution is 2.26. The summed E-state index contributed by atoms with van der Waals surface area (Å²) in [6.45, 7) is 2.53. The molecular formula is C11H17N3O2. The molecule has 0 aliphatic heterocycles. The number of methoxy groups -OCH3 is 1. The molecule has 0 saturated carbocycles. The van der Waals surface area contributed by atoms with Crippen molar-refractivity contribution < 1.29 is 9.53 Å². The van der Waals surface area contributed by atoms with Crippen molar-refractivity contribution in [2.75, 3.05) is 31.8 Å². The fourth-order valence-electron chi connectivity index (χ4n) is 1.18. The van der Waals surface area contributed by atoms with Crippen molar-refractivity contribution >= 4 is 17.4 Å². The largest absolute Gasteiger partial charge is 0.495 e. The van der Waals surface area contributed by atoms with Gasteiger partial charge in [0.2, 0.25) is 0 Å². The number of rotatable bonds is 3. The Balaban J connectivity index is 2.87. The summed E-state index contributed by atoms with van der Waals surface area (Å²) in [7, 11) is 3.26. The van der Waals surface area contributed by atoms with Gasteiger partial charge in [0.15, 0.2) is 0 Å². The van der Waals surface area contributed by atoms with Crippen LogP contribution in [-0.2, 0) is 0 Å². The number of ether oxygens (including phenoxy) is 1. The number of amides is 2. The van der Waals surface area contributed by atoms with Gasteiger partial charge in [0, 0.05) is 19.3 Å². The number of nitrogens with zero attached hydrogens (tertiary/aromatic N) is 1. The van der Waals surface area contributed by atoms with Gasteiger partial charge in [-0.1, -0.05) is 0 Å². The molecule has 1 aromatic carbocycles. The van der Waals surface area contributed by atoms with Gasteiger partial charge in [-0.25, -0.2) is 4.79 Å². The maximum atomic E-state index is 11.6. The van der Waals surface area contributed by atoms with Crippen molar-refractivity contribution in [2.24, 2.45) is 0 Å². The first kappa shape index (κ1) is 12.2. The summed E-state index contributed by atoms with van der Waals surface area (Å²) in [6.07, 6.45) is 0. The maximum absolute atomic E-state index is 11.6. The van der Waals surface area contributed by atoms with Crippen molar-refractivity contribution in [1.82, 2.24) is 4.90 Å². The van der Waals surface area contributed by atoms with Crippen molar-refractivity contribution in [3.05, 3.63) is 18.2 Å². The molecule has 5 heteroatoms. The molecule has 5 nitrogen and oxygen atoms in total. The number of carbonyl (C=O) groups excluding carboxylic acids is 1. The predicted octanol–water partition coefficient (Wildman–Crippen LogP) is 1.76. The Labute approximate surface area is 95.2 Å². The van der Waals surface area contributed by atoms with Crippen LogP contribution in [0.1, 0.15) is 6.92 Å². The van der Waals surface area contributed by atoms with Crippen LogP contribution in [-0.4, -0.2) is 31.6 Å². The van der Waals surface area contributed by atoms with Crippen LogP contribution in [0.25, 0.3) is 0 Å². The van der Waals surface area contributed by atoms with E-state index in [4.69, 9.17) is 10.5 Å². The van der Waals surface area contributed by atoms with E-state index in [0.29, 0.717) is 23.7 Å². The standard InChI is InChI=1S/C11H17N3O2/c1-4-14(2)11(15)13-9-7-8(12)5-6-10(9)16-3/h5-7H,4,12H2,1-3H3,(H,13,15). The zero-order valence-electron chi connectivity index (χ0n) is 9.78. The molecule has 0 unspecified atom stereocenters. The summed E-state index contributed by atoms with van der Waals surface area (Å²) < 4.78 is 5.13. The third-order valence-corrected chi connectivity index (χ3v) is 2.29. The lowest BCUT2D eigenvalue weighted by molar-refractivity contribution is 0.224. The van der Waals surface area contributed by atoms with E-state index in [0.717, 1.165) is 0 Å². The normalized spacial score (nSPS) is 9.69. The Morgan fingerprint density at radius 1 is 1.56 bits per heavy atom. The second-order valence-electron chi connectivity index (χ2n) is 3.40. The van der Waals surface area contributed by atoms with Crippen molar-refractivity contribution in [3.63, 3.8) is 0 Å². The van der Waals surface area contributed by atoms with E-state index in [1.54, 1.807) is 37.3 Å². The van der Waals surface area contributed by atoms with Gasteiger partial charge in [0.1, 0.15) is 5.75 Å². The number of urea groups is 1. The molecule has 1 rings (SSSR count). The summed E-state index contributed by atoms with van der Waals surface area (Å²) in [6, 6.07) is 4.92. The second kappa shape index (κ2) is 5.25.